The fourth-order valence-electron chi connectivity index (χ4n) is 2.14. The van der Waals surface area contributed by atoms with Gasteiger partial charge in [-0.05, 0) is 38.8 Å². The van der Waals surface area contributed by atoms with Crippen LogP contribution in [0.3, 0.4) is 0 Å². The van der Waals surface area contributed by atoms with Crippen LogP contribution in [0.15, 0.2) is 0 Å². The van der Waals surface area contributed by atoms with Crippen molar-refractivity contribution in [2.75, 3.05) is 13.1 Å². The van der Waals surface area contributed by atoms with Gasteiger partial charge in [0.25, 0.3) is 0 Å². The van der Waals surface area contributed by atoms with E-state index in [2.05, 4.69) is 16.8 Å². The molecule has 4 nitrogen and oxygen atoms in total. The van der Waals surface area contributed by atoms with Crippen molar-refractivity contribution in [2.45, 2.75) is 39.2 Å². The second-order valence-corrected chi connectivity index (χ2v) is 5.59. The first kappa shape index (κ1) is 12.5. The number of nitrogens with zero attached hydrogens (tertiary/aromatic N) is 2. The Morgan fingerprint density at radius 1 is 1.47 bits per heavy atom. The minimum atomic E-state index is -0.891. The maximum Gasteiger partial charge on any atom is 0.355 e. The predicted molar refractivity (Wildman–Crippen MR) is 67.6 cm³/mol. The molecule has 0 amide bonds. The molecule has 0 aromatic carbocycles. The molecule has 5 heteroatoms. The first-order valence-corrected chi connectivity index (χ1v) is 6.96. The molecule has 94 valence electrons. The van der Waals surface area contributed by atoms with E-state index in [4.69, 9.17) is 5.11 Å². The Morgan fingerprint density at radius 2 is 2.18 bits per heavy atom. The van der Waals surface area contributed by atoms with Gasteiger partial charge in [-0.3, -0.25) is 4.90 Å². The number of carboxylic acids is 1. The van der Waals surface area contributed by atoms with Crippen LogP contribution in [0.1, 0.15) is 46.6 Å². The van der Waals surface area contributed by atoms with Crippen molar-refractivity contribution in [1.82, 2.24) is 9.88 Å². The minimum Gasteiger partial charge on any atom is -0.476 e. The molecule has 0 unspecified atom stereocenters. The number of carboxylic acid groups (broad SMARTS) is 1. The molecule has 17 heavy (non-hydrogen) atoms. The summed E-state index contributed by atoms with van der Waals surface area (Å²) in [6.07, 6.45) is 4.34. The summed E-state index contributed by atoms with van der Waals surface area (Å²) in [5.41, 5.74) is 0.269. The standard InChI is InChI=1S/C12H18N2O2S/c1-2-5-10-13-11(12(15)16)9(17-10)8-14-6-3-4-7-14/h2-8H2,1H3,(H,15,16). The summed E-state index contributed by atoms with van der Waals surface area (Å²) < 4.78 is 0. The van der Waals surface area contributed by atoms with Crippen molar-refractivity contribution >= 4 is 17.3 Å². The molecule has 2 heterocycles. The SMILES string of the molecule is CCCc1nc(C(=O)O)c(CN2CCCC2)s1. The van der Waals surface area contributed by atoms with E-state index in [9.17, 15) is 4.79 Å². The van der Waals surface area contributed by atoms with Crippen LogP contribution in [0.4, 0.5) is 0 Å². The fraction of sp³-hybridized carbons (Fsp3) is 0.667. The summed E-state index contributed by atoms with van der Waals surface area (Å²) >= 11 is 1.57. The number of aromatic nitrogens is 1. The third-order valence-electron chi connectivity index (χ3n) is 2.97. The van der Waals surface area contributed by atoms with Crippen LogP contribution in [0.5, 0.6) is 0 Å². The number of hydrogen-bond acceptors (Lipinski definition) is 4. The lowest BCUT2D eigenvalue weighted by Gasteiger charge is -2.12. The maximum absolute atomic E-state index is 11.1. The molecule has 0 aliphatic carbocycles. The van der Waals surface area contributed by atoms with Gasteiger partial charge in [-0.1, -0.05) is 6.92 Å². The van der Waals surface area contributed by atoms with Crippen LogP contribution < -0.4 is 0 Å². The number of thiazole rings is 1. The Bertz CT molecular complexity index is 397. The molecular weight excluding hydrogens is 236 g/mol. The summed E-state index contributed by atoms with van der Waals surface area (Å²) in [4.78, 5) is 18.6. The molecule has 0 bridgehead atoms. The highest BCUT2D eigenvalue weighted by molar-refractivity contribution is 7.11. The third-order valence-corrected chi connectivity index (χ3v) is 4.07. The lowest BCUT2D eigenvalue weighted by molar-refractivity contribution is 0.0689. The zero-order valence-corrected chi connectivity index (χ0v) is 10.9. The topological polar surface area (TPSA) is 53.4 Å². The average molecular weight is 254 g/mol. The Hall–Kier alpha value is -0.940. The van der Waals surface area contributed by atoms with E-state index < -0.39 is 5.97 Å². The molecule has 2 rings (SSSR count). The normalized spacial score (nSPS) is 16.5. The van der Waals surface area contributed by atoms with Gasteiger partial charge in [0.05, 0.1) is 9.88 Å². The van der Waals surface area contributed by atoms with Crippen LogP contribution in [-0.4, -0.2) is 34.0 Å². The van der Waals surface area contributed by atoms with Crippen LogP contribution in [0, 0.1) is 0 Å². The number of likely N-dealkylation sites (tertiary alicyclic amines) is 1. The van der Waals surface area contributed by atoms with Crippen molar-refractivity contribution in [1.29, 1.82) is 0 Å². The first-order chi connectivity index (χ1) is 8.20. The maximum atomic E-state index is 11.1. The van der Waals surface area contributed by atoms with Gasteiger partial charge in [0.2, 0.25) is 0 Å². The van der Waals surface area contributed by atoms with E-state index in [0.29, 0.717) is 0 Å². The van der Waals surface area contributed by atoms with Crippen LogP contribution >= 0.6 is 11.3 Å². The molecule has 1 fully saturated rings. The molecule has 1 aromatic heterocycles. The fourth-order valence-corrected chi connectivity index (χ4v) is 3.34. The average Bonchev–Trinajstić information content (AvgIpc) is 2.89. The Kier molecular flexibility index (Phi) is 4.12. The second kappa shape index (κ2) is 5.60. The van der Waals surface area contributed by atoms with Crippen LogP contribution in [-0.2, 0) is 13.0 Å². The lowest BCUT2D eigenvalue weighted by Crippen LogP contribution is -2.19. The molecule has 1 aliphatic rings. The van der Waals surface area contributed by atoms with E-state index in [1.165, 1.54) is 12.8 Å². The summed E-state index contributed by atoms with van der Waals surface area (Å²) in [7, 11) is 0. The Labute approximate surface area is 105 Å². The summed E-state index contributed by atoms with van der Waals surface area (Å²) in [5, 5.41) is 10.1. The second-order valence-electron chi connectivity index (χ2n) is 4.42. The van der Waals surface area contributed by atoms with E-state index in [1.807, 2.05) is 0 Å². The molecule has 0 saturated carbocycles. The molecule has 1 N–H and O–H groups in total. The minimum absolute atomic E-state index is 0.269. The summed E-state index contributed by atoms with van der Waals surface area (Å²) in [6, 6.07) is 0. The van der Waals surface area contributed by atoms with Gasteiger partial charge in [0.1, 0.15) is 0 Å². The number of hydrogen-bond donors (Lipinski definition) is 1. The summed E-state index contributed by atoms with van der Waals surface area (Å²) in [5.74, 6) is -0.891. The van der Waals surface area contributed by atoms with Gasteiger partial charge in [-0.2, -0.15) is 0 Å². The lowest BCUT2D eigenvalue weighted by atomic mass is 10.3. The van der Waals surface area contributed by atoms with Gasteiger partial charge in [-0.25, -0.2) is 9.78 Å². The van der Waals surface area contributed by atoms with Crippen molar-refractivity contribution in [3.8, 4) is 0 Å². The smallest absolute Gasteiger partial charge is 0.355 e. The highest BCUT2D eigenvalue weighted by Gasteiger charge is 2.20. The van der Waals surface area contributed by atoms with E-state index in [1.54, 1.807) is 11.3 Å². The van der Waals surface area contributed by atoms with Crippen molar-refractivity contribution in [3.63, 3.8) is 0 Å². The molecule has 0 spiro atoms. The van der Waals surface area contributed by atoms with Gasteiger partial charge in [0, 0.05) is 6.54 Å². The summed E-state index contributed by atoms with van der Waals surface area (Å²) in [6.45, 7) is 5.01. The van der Waals surface area contributed by atoms with Gasteiger partial charge < -0.3 is 5.11 Å². The van der Waals surface area contributed by atoms with E-state index in [-0.39, 0.29) is 5.69 Å². The molecule has 0 atom stereocenters. The van der Waals surface area contributed by atoms with Crippen LogP contribution in [0.2, 0.25) is 0 Å². The monoisotopic (exact) mass is 254 g/mol. The van der Waals surface area contributed by atoms with Crippen molar-refractivity contribution < 1.29 is 9.90 Å². The number of rotatable bonds is 5. The van der Waals surface area contributed by atoms with Gasteiger partial charge >= 0.3 is 5.97 Å². The largest absolute Gasteiger partial charge is 0.476 e. The number of carbonyl (C=O) groups is 1. The van der Waals surface area contributed by atoms with Crippen molar-refractivity contribution in [3.05, 3.63) is 15.6 Å². The molecule has 0 radical (unpaired) electrons. The molecular formula is C12H18N2O2S. The Balaban J connectivity index is 2.14. The first-order valence-electron chi connectivity index (χ1n) is 6.15. The Morgan fingerprint density at radius 3 is 2.76 bits per heavy atom. The quantitative estimate of drug-likeness (QED) is 0.876. The van der Waals surface area contributed by atoms with Crippen LogP contribution in [0.25, 0.3) is 0 Å². The van der Waals surface area contributed by atoms with E-state index in [0.717, 1.165) is 42.4 Å². The highest BCUT2D eigenvalue weighted by Crippen LogP contribution is 2.23. The molecule has 1 aliphatic heterocycles. The van der Waals surface area contributed by atoms with Crippen molar-refractivity contribution in [2.24, 2.45) is 0 Å². The molecule has 1 saturated heterocycles. The van der Waals surface area contributed by atoms with Gasteiger partial charge in [0.15, 0.2) is 5.69 Å². The number of aromatic carboxylic acids is 1. The zero-order chi connectivity index (χ0) is 12.3. The van der Waals surface area contributed by atoms with E-state index >= 15 is 0 Å². The molecule has 1 aromatic rings. The van der Waals surface area contributed by atoms with Gasteiger partial charge in [-0.15, -0.1) is 11.3 Å². The highest BCUT2D eigenvalue weighted by atomic mass is 32.1. The predicted octanol–water partition coefficient (Wildman–Crippen LogP) is 2.39. The number of aryl methyl sites for hydroxylation is 1. The third kappa shape index (κ3) is 3.04. The zero-order valence-electron chi connectivity index (χ0n) is 10.1.